The topological polar surface area (TPSA) is 30.2 Å². The van der Waals surface area contributed by atoms with Gasteiger partial charge in [-0.15, -0.1) is 0 Å². The minimum atomic E-state index is 0.0519. The molecule has 0 atom stereocenters. The van der Waals surface area contributed by atoms with Crippen molar-refractivity contribution in [3.05, 3.63) is 71.2 Å². The number of hydrogen-bond donors (Lipinski definition) is 0. The maximum absolute atomic E-state index is 11.4. The molecule has 20 heavy (non-hydrogen) atoms. The predicted octanol–water partition coefficient (Wildman–Crippen LogP) is 4.53. The Bertz CT molecular complexity index is 781. The van der Waals surface area contributed by atoms with Gasteiger partial charge in [0, 0.05) is 6.42 Å². The van der Waals surface area contributed by atoms with Gasteiger partial charge in [-0.3, -0.25) is 4.79 Å². The highest BCUT2D eigenvalue weighted by molar-refractivity contribution is 5.95. The minimum absolute atomic E-state index is 0.0519. The Morgan fingerprint density at radius 3 is 2.50 bits per heavy atom. The van der Waals surface area contributed by atoms with Gasteiger partial charge in [-0.05, 0) is 36.2 Å². The maximum atomic E-state index is 11.4. The van der Waals surface area contributed by atoms with Gasteiger partial charge in [0.25, 0.3) is 0 Å². The second kappa shape index (κ2) is 4.97. The van der Waals surface area contributed by atoms with Crippen LogP contribution in [0.4, 0.5) is 0 Å². The third kappa shape index (κ3) is 2.37. The standard InChI is InChI=1S/C18H16O2/c1-12(19)18-11-17(20-13(18)2)10-14-7-8-15-5-3-4-6-16(15)9-14/h3-9,11H,10H2,1-2H3. The van der Waals surface area contributed by atoms with Gasteiger partial charge >= 0.3 is 0 Å². The van der Waals surface area contributed by atoms with Gasteiger partial charge in [0.2, 0.25) is 0 Å². The fourth-order valence-corrected chi connectivity index (χ4v) is 2.53. The fraction of sp³-hybridized carbons (Fsp3) is 0.167. The van der Waals surface area contributed by atoms with Crippen molar-refractivity contribution in [3.8, 4) is 0 Å². The van der Waals surface area contributed by atoms with Crippen LogP contribution in [0.2, 0.25) is 0 Å². The number of fused-ring (bicyclic) bond motifs is 1. The van der Waals surface area contributed by atoms with Gasteiger partial charge in [0.05, 0.1) is 5.56 Å². The van der Waals surface area contributed by atoms with Gasteiger partial charge in [-0.25, -0.2) is 0 Å². The molecule has 0 bridgehead atoms. The summed E-state index contributed by atoms with van der Waals surface area (Å²) < 4.78 is 5.67. The Balaban J connectivity index is 1.92. The van der Waals surface area contributed by atoms with Gasteiger partial charge in [0.1, 0.15) is 11.5 Å². The van der Waals surface area contributed by atoms with Crippen LogP contribution in [-0.4, -0.2) is 5.78 Å². The molecule has 0 spiro atoms. The summed E-state index contributed by atoms with van der Waals surface area (Å²) in [6, 6.07) is 16.5. The zero-order valence-electron chi connectivity index (χ0n) is 11.6. The van der Waals surface area contributed by atoms with Crippen molar-refractivity contribution in [2.75, 3.05) is 0 Å². The number of carbonyl (C=O) groups is 1. The van der Waals surface area contributed by atoms with Gasteiger partial charge in [-0.1, -0.05) is 42.5 Å². The van der Waals surface area contributed by atoms with E-state index in [2.05, 4.69) is 30.3 Å². The average Bonchev–Trinajstić information content (AvgIpc) is 2.79. The number of carbonyl (C=O) groups excluding carboxylic acids is 1. The van der Waals surface area contributed by atoms with E-state index >= 15 is 0 Å². The molecule has 1 heterocycles. The van der Waals surface area contributed by atoms with Crippen LogP contribution in [0.1, 0.15) is 34.4 Å². The molecule has 2 nitrogen and oxygen atoms in total. The molecule has 0 aliphatic carbocycles. The molecule has 0 N–H and O–H groups in total. The molecule has 0 unspecified atom stereocenters. The van der Waals surface area contributed by atoms with Crippen molar-refractivity contribution in [2.45, 2.75) is 20.3 Å². The maximum Gasteiger partial charge on any atom is 0.163 e. The van der Waals surface area contributed by atoms with Crippen LogP contribution in [0.3, 0.4) is 0 Å². The van der Waals surface area contributed by atoms with E-state index in [0.717, 1.165) is 5.76 Å². The number of furan rings is 1. The summed E-state index contributed by atoms with van der Waals surface area (Å²) in [5.74, 6) is 1.59. The third-order valence-electron chi connectivity index (χ3n) is 3.54. The molecule has 3 rings (SSSR count). The first-order valence-corrected chi connectivity index (χ1v) is 6.71. The van der Waals surface area contributed by atoms with Gasteiger partial charge in [-0.2, -0.15) is 0 Å². The Morgan fingerprint density at radius 1 is 1.05 bits per heavy atom. The molecule has 0 amide bonds. The lowest BCUT2D eigenvalue weighted by atomic mass is 10.0. The first kappa shape index (κ1) is 12.7. The van der Waals surface area contributed by atoms with E-state index in [4.69, 9.17) is 4.42 Å². The van der Waals surface area contributed by atoms with Crippen LogP contribution >= 0.6 is 0 Å². The molecule has 100 valence electrons. The molecule has 1 aromatic heterocycles. The lowest BCUT2D eigenvalue weighted by Crippen LogP contribution is -1.90. The van der Waals surface area contributed by atoms with E-state index in [1.807, 2.05) is 25.1 Å². The molecule has 0 aliphatic heterocycles. The summed E-state index contributed by atoms with van der Waals surface area (Å²) in [5, 5.41) is 2.45. The minimum Gasteiger partial charge on any atom is -0.465 e. The van der Waals surface area contributed by atoms with Crippen LogP contribution < -0.4 is 0 Å². The monoisotopic (exact) mass is 264 g/mol. The Hall–Kier alpha value is -2.35. The Morgan fingerprint density at radius 2 is 1.80 bits per heavy atom. The fourth-order valence-electron chi connectivity index (χ4n) is 2.53. The second-order valence-electron chi connectivity index (χ2n) is 5.10. The van der Waals surface area contributed by atoms with E-state index in [1.54, 1.807) is 6.92 Å². The van der Waals surface area contributed by atoms with Crippen molar-refractivity contribution in [3.63, 3.8) is 0 Å². The summed E-state index contributed by atoms with van der Waals surface area (Å²) in [7, 11) is 0. The smallest absolute Gasteiger partial charge is 0.163 e. The van der Waals surface area contributed by atoms with E-state index in [1.165, 1.54) is 16.3 Å². The Kier molecular flexibility index (Phi) is 3.15. The molecule has 0 fully saturated rings. The van der Waals surface area contributed by atoms with E-state index in [0.29, 0.717) is 17.7 Å². The molecule has 3 aromatic rings. The quantitative estimate of drug-likeness (QED) is 0.650. The highest BCUT2D eigenvalue weighted by atomic mass is 16.3. The number of Topliss-reactive ketones (excluding diaryl/α,β-unsaturated/α-hetero) is 1. The Labute approximate surface area is 118 Å². The van der Waals surface area contributed by atoms with E-state index in [9.17, 15) is 4.79 Å². The first-order chi connectivity index (χ1) is 9.63. The van der Waals surface area contributed by atoms with Crippen molar-refractivity contribution in [1.82, 2.24) is 0 Å². The number of benzene rings is 2. The normalized spacial score (nSPS) is 10.9. The molecule has 0 aliphatic rings. The molecular weight excluding hydrogens is 248 g/mol. The van der Waals surface area contributed by atoms with E-state index < -0.39 is 0 Å². The number of ketones is 1. The zero-order chi connectivity index (χ0) is 14.1. The lowest BCUT2D eigenvalue weighted by molar-refractivity contribution is 0.101. The van der Waals surface area contributed by atoms with Crippen molar-refractivity contribution in [2.24, 2.45) is 0 Å². The van der Waals surface area contributed by atoms with Crippen LogP contribution in [0.25, 0.3) is 10.8 Å². The summed E-state index contributed by atoms with van der Waals surface area (Å²) in [6.45, 7) is 3.40. The molecule has 0 saturated heterocycles. The average molecular weight is 264 g/mol. The highest BCUT2D eigenvalue weighted by Crippen LogP contribution is 2.21. The zero-order valence-corrected chi connectivity index (χ0v) is 11.6. The van der Waals surface area contributed by atoms with Crippen LogP contribution in [-0.2, 0) is 6.42 Å². The number of hydrogen-bond acceptors (Lipinski definition) is 2. The number of aryl methyl sites for hydroxylation is 1. The van der Waals surface area contributed by atoms with Gasteiger partial charge in [0.15, 0.2) is 5.78 Å². The van der Waals surface area contributed by atoms with Crippen LogP contribution in [0.15, 0.2) is 52.9 Å². The summed E-state index contributed by atoms with van der Waals surface area (Å²) in [5.41, 5.74) is 1.87. The SMILES string of the molecule is CC(=O)c1cc(Cc2ccc3ccccc3c2)oc1C. The molecular formula is C18H16O2. The summed E-state index contributed by atoms with van der Waals surface area (Å²) in [6.07, 6.45) is 0.707. The van der Waals surface area contributed by atoms with Crippen molar-refractivity contribution >= 4 is 16.6 Å². The van der Waals surface area contributed by atoms with Crippen molar-refractivity contribution in [1.29, 1.82) is 0 Å². The molecule has 0 radical (unpaired) electrons. The second-order valence-corrected chi connectivity index (χ2v) is 5.10. The third-order valence-corrected chi connectivity index (χ3v) is 3.54. The number of rotatable bonds is 3. The first-order valence-electron chi connectivity index (χ1n) is 6.71. The summed E-state index contributed by atoms with van der Waals surface area (Å²) in [4.78, 5) is 11.4. The van der Waals surface area contributed by atoms with Crippen LogP contribution in [0.5, 0.6) is 0 Å². The predicted molar refractivity (Wildman–Crippen MR) is 80.2 cm³/mol. The van der Waals surface area contributed by atoms with Gasteiger partial charge < -0.3 is 4.42 Å². The largest absolute Gasteiger partial charge is 0.465 e. The highest BCUT2D eigenvalue weighted by Gasteiger charge is 2.11. The molecule has 0 saturated carbocycles. The summed E-state index contributed by atoms with van der Waals surface area (Å²) >= 11 is 0. The molecule has 2 aromatic carbocycles. The molecule has 2 heteroatoms. The van der Waals surface area contributed by atoms with Crippen molar-refractivity contribution < 1.29 is 9.21 Å². The van der Waals surface area contributed by atoms with E-state index in [-0.39, 0.29) is 5.78 Å². The van der Waals surface area contributed by atoms with Crippen LogP contribution in [0, 0.1) is 6.92 Å². The lowest BCUT2D eigenvalue weighted by Gasteiger charge is -2.02.